The molecule has 0 spiro atoms. The highest BCUT2D eigenvalue weighted by Gasteiger charge is 2.10. The summed E-state index contributed by atoms with van der Waals surface area (Å²) in [5.41, 5.74) is 1.22. The van der Waals surface area contributed by atoms with Crippen molar-refractivity contribution in [3.8, 4) is 0 Å². The first-order chi connectivity index (χ1) is 8.19. The van der Waals surface area contributed by atoms with Crippen LogP contribution in [0.4, 0.5) is 0 Å². The second kappa shape index (κ2) is 4.97. The number of carbonyl (C=O) groups is 1. The average Bonchev–Trinajstić information content (AvgIpc) is 2.80. The lowest BCUT2D eigenvalue weighted by atomic mass is 10.2. The molecule has 0 amide bonds. The maximum atomic E-state index is 11.2. The Morgan fingerprint density at radius 2 is 2.12 bits per heavy atom. The second-order valence-electron chi connectivity index (χ2n) is 3.42. The van der Waals surface area contributed by atoms with Crippen molar-refractivity contribution in [3.63, 3.8) is 0 Å². The molecule has 0 atom stereocenters. The second-order valence-corrected chi connectivity index (χ2v) is 3.86. The van der Waals surface area contributed by atoms with Crippen LogP contribution in [0.1, 0.15) is 16.1 Å². The normalized spacial score (nSPS) is 10.2. The molecule has 0 aliphatic heterocycles. The van der Waals surface area contributed by atoms with Crippen molar-refractivity contribution in [2.24, 2.45) is 0 Å². The fourth-order valence-electron chi connectivity index (χ4n) is 1.35. The summed E-state index contributed by atoms with van der Waals surface area (Å²) >= 11 is 5.78. The van der Waals surface area contributed by atoms with E-state index in [1.165, 1.54) is 7.11 Å². The number of aromatic nitrogens is 3. The molecule has 0 saturated carbocycles. The Morgan fingerprint density at radius 1 is 1.41 bits per heavy atom. The Labute approximate surface area is 103 Å². The summed E-state index contributed by atoms with van der Waals surface area (Å²) in [4.78, 5) is 11.2. The van der Waals surface area contributed by atoms with Crippen molar-refractivity contribution in [3.05, 3.63) is 46.7 Å². The third-order valence-corrected chi connectivity index (χ3v) is 2.44. The molecule has 17 heavy (non-hydrogen) atoms. The molecular weight excluding hydrogens is 242 g/mol. The molecule has 88 valence electrons. The monoisotopic (exact) mass is 251 g/mol. The van der Waals surface area contributed by atoms with Crippen LogP contribution in [0.25, 0.3) is 0 Å². The van der Waals surface area contributed by atoms with Gasteiger partial charge < -0.3 is 4.74 Å². The average molecular weight is 252 g/mol. The fraction of sp³-hybridized carbons (Fsp3) is 0.182. The molecule has 0 unspecified atom stereocenters. The van der Waals surface area contributed by atoms with Gasteiger partial charge in [-0.3, -0.25) is 0 Å². The zero-order valence-corrected chi connectivity index (χ0v) is 9.89. The molecule has 1 heterocycles. The Kier molecular flexibility index (Phi) is 3.39. The Bertz CT molecular complexity index is 522. The molecule has 6 heteroatoms. The summed E-state index contributed by atoms with van der Waals surface area (Å²) in [6, 6.07) is 7.38. The first-order valence-electron chi connectivity index (χ1n) is 4.92. The lowest BCUT2D eigenvalue weighted by molar-refractivity contribution is 0.0594. The van der Waals surface area contributed by atoms with Gasteiger partial charge in [0, 0.05) is 5.02 Å². The van der Waals surface area contributed by atoms with Crippen LogP contribution < -0.4 is 0 Å². The van der Waals surface area contributed by atoms with E-state index in [0.717, 1.165) is 5.56 Å². The molecule has 0 bridgehead atoms. The number of hydrogen-bond acceptors (Lipinski definition) is 4. The lowest BCUT2D eigenvalue weighted by Crippen LogP contribution is -2.01. The summed E-state index contributed by atoms with van der Waals surface area (Å²) in [6.45, 7) is 0.529. The smallest absolute Gasteiger partial charge is 0.360 e. The van der Waals surface area contributed by atoms with Crippen molar-refractivity contribution in [1.82, 2.24) is 15.0 Å². The van der Waals surface area contributed by atoms with Gasteiger partial charge in [0.1, 0.15) is 0 Å². The quantitative estimate of drug-likeness (QED) is 0.780. The van der Waals surface area contributed by atoms with Gasteiger partial charge in [0.25, 0.3) is 0 Å². The van der Waals surface area contributed by atoms with Gasteiger partial charge in [0.15, 0.2) is 5.69 Å². The van der Waals surface area contributed by atoms with Gasteiger partial charge in [0.2, 0.25) is 0 Å². The van der Waals surface area contributed by atoms with Crippen LogP contribution in [-0.2, 0) is 11.3 Å². The minimum atomic E-state index is -0.493. The van der Waals surface area contributed by atoms with E-state index in [2.05, 4.69) is 15.0 Å². The minimum Gasteiger partial charge on any atom is -0.464 e. The third-order valence-electron chi connectivity index (χ3n) is 2.19. The van der Waals surface area contributed by atoms with E-state index < -0.39 is 5.97 Å². The van der Waals surface area contributed by atoms with Gasteiger partial charge in [-0.2, -0.15) is 0 Å². The number of rotatable bonds is 3. The molecule has 0 fully saturated rings. The fourth-order valence-corrected chi connectivity index (χ4v) is 1.48. The molecule has 2 aromatic rings. The van der Waals surface area contributed by atoms with E-state index in [0.29, 0.717) is 11.6 Å². The SMILES string of the molecule is COC(=O)c1cn(Cc2ccc(Cl)cc2)nn1. The maximum absolute atomic E-state index is 11.2. The maximum Gasteiger partial charge on any atom is 0.360 e. The molecule has 0 N–H and O–H groups in total. The van der Waals surface area contributed by atoms with Gasteiger partial charge in [-0.15, -0.1) is 5.10 Å². The van der Waals surface area contributed by atoms with Crippen molar-refractivity contribution < 1.29 is 9.53 Å². The summed E-state index contributed by atoms with van der Waals surface area (Å²) in [5, 5.41) is 8.23. The molecule has 1 aromatic carbocycles. The molecule has 0 aliphatic rings. The number of carbonyl (C=O) groups excluding carboxylic acids is 1. The Hall–Kier alpha value is -1.88. The number of methoxy groups -OCH3 is 1. The number of ether oxygens (including phenoxy) is 1. The molecule has 5 nitrogen and oxygen atoms in total. The highest BCUT2D eigenvalue weighted by Crippen LogP contribution is 2.10. The van der Waals surface area contributed by atoms with E-state index in [9.17, 15) is 4.79 Å². The first-order valence-corrected chi connectivity index (χ1v) is 5.30. The predicted octanol–water partition coefficient (Wildman–Crippen LogP) is 1.77. The van der Waals surface area contributed by atoms with Crippen molar-refractivity contribution in [2.75, 3.05) is 7.11 Å². The van der Waals surface area contributed by atoms with E-state index >= 15 is 0 Å². The third kappa shape index (κ3) is 2.82. The molecule has 0 saturated heterocycles. The lowest BCUT2D eigenvalue weighted by Gasteiger charge is -2.00. The van der Waals surface area contributed by atoms with Crippen molar-refractivity contribution in [2.45, 2.75) is 6.54 Å². The summed E-state index contributed by atoms with van der Waals surface area (Å²) in [5.74, 6) is -0.493. The topological polar surface area (TPSA) is 57.0 Å². The Balaban J connectivity index is 2.11. The van der Waals surface area contributed by atoms with Gasteiger partial charge in [-0.25, -0.2) is 9.48 Å². The van der Waals surface area contributed by atoms with Crippen LogP contribution in [0.2, 0.25) is 5.02 Å². The highest BCUT2D eigenvalue weighted by atomic mass is 35.5. The first kappa shape index (κ1) is 11.6. The van der Waals surface area contributed by atoms with Crippen LogP contribution in [-0.4, -0.2) is 28.1 Å². The van der Waals surface area contributed by atoms with Gasteiger partial charge in [0.05, 0.1) is 19.9 Å². The zero-order valence-electron chi connectivity index (χ0n) is 9.13. The van der Waals surface area contributed by atoms with Gasteiger partial charge in [-0.05, 0) is 17.7 Å². The van der Waals surface area contributed by atoms with Crippen LogP contribution in [0.5, 0.6) is 0 Å². The molecular formula is C11H10ClN3O2. The van der Waals surface area contributed by atoms with E-state index in [-0.39, 0.29) is 5.69 Å². The van der Waals surface area contributed by atoms with Crippen LogP contribution in [0, 0.1) is 0 Å². The van der Waals surface area contributed by atoms with E-state index in [1.54, 1.807) is 23.0 Å². The molecule has 0 aliphatic carbocycles. The Morgan fingerprint density at radius 3 is 2.76 bits per heavy atom. The van der Waals surface area contributed by atoms with Crippen molar-refractivity contribution in [1.29, 1.82) is 0 Å². The highest BCUT2D eigenvalue weighted by molar-refractivity contribution is 6.30. The largest absolute Gasteiger partial charge is 0.464 e. The summed E-state index contributed by atoms with van der Waals surface area (Å²) < 4.78 is 6.11. The number of hydrogen-bond donors (Lipinski definition) is 0. The van der Waals surface area contributed by atoms with E-state index in [1.807, 2.05) is 12.1 Å². The summed E-state index contributed by atoms with van der Waals surface area (Å²) in [7, 11) is 1.31. The van der Waals surface area contributed by atoms with Gasteiger partial charge in [-0.1, -0.05) is 28.9 Å². The number of halogens is 1. The minimum absolute atomic E-state index is 0.196. The zero-order chi connectivity index (χ0) is 12.3. The van der Waals surface area contributed by atoms with E-state index in [4.69, 9.17) is 11.6 Å². The molecule has 0 radical (unpaired) electrons. The standard InChI is InChI=1S/C11H10ClN3O2/c1-17-11(16)10-7-15(14-13-10)6-8-2-4-9(12)5-3-8/h2-5,7H,6H2,1H3. The number of esters is 1. The van der Waals surface area contributed by atoms with Crippen LogP contribution >= 0.6 is 11.6 Å². The van der Waals surface area contributed by atoms with Gasteiger partial charge >= 0.3 is 5.97 Å². The van der Waals surface area contributed by atoms with Crippen LogP contribution in [0.3, 0.4) is 0 Å². The number of benzene rings is 1. The number of nitrogens with zero attached hydrogens (tertiary/aromatic N) is 3. The molecule has 1 aromatic heterocycles. The summed E-state index contributed by atoms with van der Waals surface area (Å²) in [6.07, 6.45) is 1.54. The predicted molar refractivity (Wildman–Crippen MR) is 61.9 cm³/mol. The molecule has 2 rings (SSSR count). The van der Waals surface area contributed by atoms with Crippen molar-refractivity contribution >= 4 is 17.6 Å². The van der Waals surface area contributed by atoms with Crippen LogP contribution in [0.15, 0.2) is 30.5 Å².